The fraction of sp³-hybridized carbons (Fsp3) is 0.143. The van der Waals surface area contributed by atoms with Crippen LogP contribution in [-0.4, -0.2) is 25.2 Å². The van der Waals surface area contributed by atoms with Gasteiger partial charge < -0.3 is 5.32 Å². The molecule has 100 valence electrons. The zero-order valence-electron chi connectivity index (χ0n) is 11.1. The SMILES string of the molecule is Cc1ccc(CNc2cccc(-n3cnnn3)c2)cn1. The summed E-state index contributed by atoms with van der Waals surface area (Å²) < 4.78 is 1.62. The number of pyridine rings is 1. The third kappa shape index (κ3) is 2.80. The van der Waals surface area contributed by atoms with E-state index >= 15 is 0 Å². The largest absolute Gasteiger partial charge is 0.381 e. The zero-order valence-corrected chi connectivity index (χ0v) is 11.1. The Kier molecular flexibility index (Phi) is 3.36. The van der Waals surface area contributed by atoms with Crippen LogP contribution in [0, 0.1) is 6.92 Å². The Bertz CT molecular complexity index is 675. The molecule has 3 aromatic rings. The van der Waals surface area contributed by atoms with Crippen molar-refractivity contribution in [1.82, 2.24) is 25.2 Å². The molecule has 0 atom stereocenters. The second kappa shape index (κ2) is 5.48. The smallest absolute Gasteiger partial charge is 0.143 e. The van der Waals surface area contributed by atoms with Crippen LogP contribution in [0.15, 0.2) is 48.9 Å². The van der Waals surface area contributed by atoms with E-state index in [0.717, 1.165) is 29.2 Å². The third-order valence-corrected chi connectivity index (χ3v) is 2.93. The molecule has 0 aliphatic carbocycles. The van der Waals surface area contributed by atoms with Crippen molar-refractivity contribution >= 4 is 5.69 Å². The molecule has 3 rings (SSSR count). The van der Waals surface area contributed by atoms with Crippen molar-refractivity contribution in [1.29, 1.82) is 0 Å². The molecule has 2 heterocycles. The lowest BCUT2D eigenvalue weighted by molar-refractivity contribution is 0.789. The molecule has 0 saturated heterocycles. The molecule has 0 saturated carbocycles. The van der Waals surface area contributed by atoms with Gasteiger partial charge in [-0.25, -0.2) is 4.68 Å². The summed E-state index contributed by atoms with van der Waals surface area (Å²) in [7, 11) is 0. The second-order valence-corrected chi connectivity index (χ2v) is 4.47. The predicted octanol–water partition coefficient (Wildman–Crippen LogP) is 1.98. The number of hydrogen-bond acceptors (Lipinski definition) is 5. The van der Waals surface area contributed by atoms with Crippen LogP contribution in [0.3, 0.4) is 0 Å². The molecule has 2 aromatic heterocycles. The van der Waals surface area contributed by atoms with Crippen LogP contribution >= 0.6 is 0 Å². The quantitative estimate of drug-likeness (QED) is 0.782. The molecular formula is C14H14N6. The number of benzene rings is 1. The number of aromatic nitrogens is 5. The molecule has 1 N–H and O–H groups in total. The molecule has 6 nitrogen and oxygen atoms in total. The number of nitrogens with zero attached hydrogens (tertiary/aromatic N) is 5. The Labute approximate surface area is 116 Å². The highest BCUT2D eigenvalue weighted by atomic mass is 15.5. The number of tetrazole rings is 1. The summed E-state index contributed by atoms with van der Waals surface area (Å²) in [5.74, 6) is 0. The highest BCUT2D eigenvalue weighted by Gasteiger charge is 2.00. The molecule has 6 heteroatoms. The second-order valence-electron chi connectivity index (χ2n) is 4.47. The van der Waals surface area contributed by atoms with E-state index in [-0.39, 0.29) is 0 Å². The lowest BCUT2D eigenvalue weighted by Crippen LogP contribution is -2.01. The van der Waals surface area contributed by atoms with Crippen molar-refractivity contribution in [3.05, 3.63) is 60.2 Å². The first-order valence-electron chi connectivity index (χ1n) is 6.30. The van der Waals surface area contributed by atoms with Gasteiger partial charge in [-0.15, -0.1) is 5.10 Å². The summed E-state index contributed by atoms with van der Waals surface area (Å²) in [6.07, 6.45) is 3.45. The molecule has 0 aliphatic rings. The summed E-state index contributed by atoms with van der Waals surface area (Å²) >= 11 is 0. The number of hydrogen-bond donors (Lipinski definition) is 1. The summed E-state index contributed by atoms with van der Waals surface area (Å²) in [5, 5.41) is 14.5. The number of aryl methyl sites for hydroxylation is 1. The summed E-state index contributed by atoms with van der Waals surface area (Å²) in [6, 6.07) is 12.0. The van der Waals surface area contributed by atoms with Gasteiger partial charge >= 0.3 is 0 Å². The number of anilines is 1. The topological polar surface area (TPSA) is 68.5 Å². The van der Waals surface area contributed by atoms with E-state index in [2.05, 4.69) is 31.9 Å². The van der Waals surface area contributed by atoms with Gasteiger partial charge in [-0.3, -0.25) is 4.98 Å². The molecule has 0 bridgehead atoms. The molecule has 1 aromatic carbocycles. The molecule has 0 spiro atoms. The molecule has 0 unspecified atom stereocenters. The van der Waals surface area contributed by atoms with Crippen LogP contribution in [0.2, 0.25) is 0 Å². The van der Waals surface area contributed by atoms with Gasteiger partial charge in [0.2, 0.25) is 0 Å². The Morgan fingerprint density at radius 1 is 1.20 bits per heavy atom. The van der Waals surface area contributed by atoms with Gasteiger partial charge in [0.1, 0.15) is 6.33 Å². The highest BCUT2D eigenvalue weighted by molar-refractivity contribution is 5.50. The van der Waals surface area contributed by atoms with E-state index in [9.17, 15) is 0 Å². The molecular weight excluding hydrogens is 252 g/mol. The molecule has 20 heavy (non-hydrogen) atoms. The summed E-state index contributed by atoms with van der Waals surface area (Å²) in [4.78, 5) is 4.28. The normalized spacial score (nSPS) is 10.4. The number of rotatable bonds is 4. The fourth-order valence-corrected chi connectivity index (χ4v) is 1.85. The average Bonchev–Trinajstić information content (AvgIpc) is 3.01. The lowest BCUT2D eigenvalue weighted by Gasteiger charge is -2.08. The molecule has 0 aliphatic heterocycles. The average molecular weight is 266 g/mol. The van der Waals surface area contributed by atoms with Gasteiger partial charge in [0, 0.05) is 24.1 Å². The maximum absolute atomic E-state index is 4.28. The van der Waals surface area contributed by atoms with Crippen LogP contribution in [0.1, 0.15) is 11.3 Å². The van der Waals surface area contributed by atoms with Crippen LogP contribution in [0.25, 0.3) is 5.69 Å². The van der Waals surface area contributed by atoms with Crippen molar-refractivity contribution in [2.45, 2.75) is 13.5 Å². The van der Waals surface area contributed by atoms with Crippen molar-refractivity contribution in [3.63, 3.8) is 0 Å². The number of nitrogens with one attached hydrogen (secondary N) is 1. The molecule has 0 amide bonds. The van der Waals surface area contributed by atoms with Crippen molar-refractivity contribution < 1.29 is 0 Å². The Hall–Kier alpha value is -2.76. The Balaban J connectivity index is 1.72. The Morgan fingerprint density at radius 2 is 2.15 bits per heavy atom. The molecule has 0 fully saturated rings. The van der Waals surface area contributed by atoms with Crippen molar-refractivity contribution in [2.24, 2.45) is 0 Å². The minimum absolute atomic E-state index is 0.729. The van der Waals surface area contributed by atoms with Gasteiger partial charge in [0.15, 0.2) is 0 Å². The van der Waals surface area contributed by atoms with E-state index in [1.165, 1.54) is 0 Å². The van der Waals surface area contributed by atoms with E-state index in [0.29, 0.717) is 0 Å². The van der Waals surface area contributed by atoms with Crippen LogP contribution < -0.4 is 5.32 Å². The predicted molar refractivity (Wildman–Crippen MR) is 75.5 cm³/mol. The first kappa shape index (κ1) is 12.3. The maximum atomic E-state index is 4.28. The summed E-state index contributed by atoms with van der Waals surface area (Å²) in [5.41, 5.74) is 4.10. The summed E-state index contributed by atoms with van der Waals surface area (Å²) in [6.45, 7) is 2.71. The van der Waals surface area contributed by atoms with Gasteiger partial charge in [-0.2, -0.15) is 0 Å². The van der Waals surface area contributed by atoms with Gasteiger partial charge in [0.25, 0.3) is 0 Å². The van der Waals surface area contributed by atoms with Crippen LogP contribution in [-0.2, 0) is 6.54 Å². The van der Waals surface area contributed by atoms with Gasteiger partial charge in [0.05, 0.1) is 5.69 Å². The zero-order chi connectivity index (χ0) is 13.8. The van der Waals surface area contributed by atoms with E-state index < -0.39 is 0 Å². The minimum atomic E-state index is 0.729. The van der Waals surface area contributed by atoms with Crippen LogP contribution in [0.5, 0.6) is 0 Å². The molecule has 0 radical (unpaired) electrons. The van der Waals surface area contributed by atoms with Gasteiger partial charge in [-0.1, -0.05) is 12.1 Å². The van der Waals surface area contributed by atoms with Crippen molar-refractivity contribution in [3.8, 4) is 5.69 Å². The van der Waals surface area contributed by atoms with E-state index in [4.69, 9.17) is 0 Å². The monoisotopic (exact) mass is 266 g/mol. The van der Waals surface area contributed by atoms with E-state index in [1.807, 2.05) is 43.5 Å². The fourth-order valence-electron chi connectivity index (χ4n) is 1.85. The maximum Gasteiger partial charge on any atom is 0.143 e. The minimum Gasteiger partial charge on any atom is -0.381 e. The van der Waals surface area contributed by atoms with Crippen LogP contribution in [0.4, 0.5) is 5.69 Å². The lowest BCUT2D eigenvalue weighted by atomic mass is 10.2. The first-order valence-corrected chi connectivity index (χ1v) is 6.30. The van der Waals surface area contributed by atoms with Gasteiger partial charge in [-0.05, 0) is 47.2 Å². The van der Waals surface area contributed by atoms with E-state index in [1.54, 1.807) is 11.0 Å². The highest BCUT2D eigenvalue weighted by Crippen LogP contribution is 2.14. The Morgan fingerprint density at radius 3 is 2.90 bits per heavy atom. The first-order chi connectivity index (χ1) is 9.81. The third-order valence-electron chi connectivity index (χ3n) is 2.93. The standard InChI is InChI=1S/C14H14N6/c1-11-5-6-12(8-15-11)9-16-13-3-2-4-14(7-13)20-10-17-18-19-20/h2-8,10,16H,9H2,1H3. The van der Waals surface area contributed by atoms with Crippen molar-refractivity contribution in [2.75, 3.05) is 5.32 Å².